The van der Waals surface area contributed by atoms with Crippen LogP contribution in [0.1, 0.15) is 12.0 Å². The third-order valence-corrected chi connectivity index (χ3v) is 2.82. The summed E-state index contributed by atoms with van der Waals surface area (Å²) in [5.74, 6) is 0. The molecule has 84 valence electrons. The molecule has 0 bridgehead atoms. The van der Waals surface area contributed by atoms with Crippen LogP contribution in [0.15, 0.2) is 20.5 Å². The van der Waals surface area contributed by atoms with Crippen molar-refractivity contribution in [1.82, 2.24) is 4.98 Å². The summed E-state index contributed by atoms with van der Waals surface area (Å²) in [5.41, 5.74) is -2.25. The standard InChI is InChI=1S/C6H5BrF2N2O3S/c7-3-1-2(12)4(5(8)9)6(11-3)15(10,13)14/h1,5H,(H,11,12)(H2,10,13,14). The molecule has 0 amide bonds. The molecule has 0 aliphatic heterocycles. The number of pyridine rings is 1. The van der Waals surface area contributed by atoms with Gasteiger partial charge in [0.15, 0.2) is 10.5 Å². The van der Waals surface area contributed by atoms with Gasteiger partial charge in [0, 0.05) is 6.07 Å². The van der Waals surface area contributed by atoms with Crippen molar-refractivity contribution in [3.8, 4) is 0 Å². The van der Waals surface area contributed by atoms with Crippen LogP contribution in [0.3, 0.4) is 0 Å². The van der Waals surface area contributed by atoms with Crippen LogP contribution in [-0.4, -0.2) is 13.4 Å². The van der Waals surface area contributed by atoms with Gasteiger partial charge in [0.05, 0.1) is 4.60 Å². The van der Waals surface area contributed by atoms with Gasteiger partial charge in [0.2, 0.25) is 0 Å². The molecule has 1 rings (SSSR count). The zero-order valence-corrected chi connectivity index (χ0v) is 9.40. The molecule has 0 aliphatic carbocycles. The highest BCUT2D eigenvalue weighted by atomic mass is 79.9. The second kappa shape index (κ2) is 3.99. The predicted octanol–water partition coefficient (Wildman–Crippen LogP) is 0.722. The van der Waals surface area contributed by atoms with Gasteiger partial charge in [-0.3, -0.25) is 4.79 Å². The zero-order chi connectivity index (χ0) is 11.8. The predicted molar refractivity (Wildman–Crippen MR) is 51.1 cm³/mol. The molecule has 3 N–H and O–H groups in total. The maximum absolute atomic E-state index is 12.4. The maximum atomic E-state index is 12.4. The van der Waals surface area contributed by atoms with Crippen LogP contribution >= 0.6 is 15.9 Å². The number of halogens is 3. The number of alkyl halides is 2. The van der Waals surface area contributed by atoms with Crippen molar-refractivity contribution in [2.45, 2.75) is 11.5 Å². The Hall–Kier alpha value is -0.800. The van der Waals surface area contributed by atoms with Gasteiger partial charge in [0.1, 0.15) is 5.56 Å². The third-order valence-electron chi connectivity index (χ3n) is 1.50. The Labute approximate surface area is 91.5 Å². The first-order chi connectivity index (χ1) is 6.73. The Morgan fingerprint density at radius 3 is 2.40 bits per heavy atom. The minimum Gasteiger partial charge on any atom is -0.339 e. The van der Waals surface area contributed by atoms with Gasteiger partial charge in [0.25, 0.3) is 16.4 Å². The van der Waals surface area contributed by atoms with E-state index >= 15 is 0 Å². The van der Waals surface area contributed by atoms with E-state index in [2.05, 4.69) is 26.1 Å². The van der Waals surface area contributed by atoms with Crippen molar-refractivity contribution < 1.29 is 17.2 Å². The Morgan fingerprint density at radius 1 is 1.47 bits per heavy atom. The van der Waals surface area contributed by atoms with Crippen molar-refractivity contribution in [3.05, 3.63) is 26.5 Å². The second-order valence-corrected chi connectivity index (χ2v) is 4.92. The molecule has 9 heteroatoms. The van der Waals surface area contributed by atoms with Crippen LogP contribution in [0.25, 0.3) is 0 Å². The Bertz CT molecular complexity index is 540. The molecule has 5 nitrogen and oxygen atoms in total. The van der Waals surface area contributed by atoms with Gasteiger partial charge in [-0.15, -0.1) is 0 Å². The average Bonchev–Trinajstić information content (AvgIpc) is 1.99. The van der Waals surface area contributed by atoms with Crippen LogP contribution in [0, 0.1) is 0 Å². The Balaban J connectivity index is 3.70. The average molecular weight is 303 g/mol. The van der Waals surface area contributed by atoms with Gasteiger partial charge in [-0.25, -0.2) is 22.3 Å². The second-order valence-electron chi connectivity index (χ2n) is 2.57. The van der Waals surface area contributed by atoms with Crippen molar-refractivity contribution in [2.24, 2.45) is 5.14 Å². The van der Waals surface area contributed by atoms with Crippen LogP contribution in [0.5, 0.6) is 0 Å². The Kier molecular flexibility index (Phi) is 3.26. The van der Waals surface area contributed by atoms with E-state index in [0.29, 0.717) is 0 Å². The fraction of sp³-hybridized carbons (Fsp3) is 0.167. The monoisotopic (exact) mass is 302 g/mol. The number of aromatic amines is 1. The van der Waals surface area contributed by atoms with E-state index in [0.717, 1.165) is 6.07 Å². The van der Waals surface area contributed by atoms with Crippen molar-refractivity contribution in [3.63, 3.8) is 0 Å². The van der Waals surface area contributed by atoms with Crippen LogP contribution in [-0.2, 0) is 10.0 Å². The van der Waals surface area contributed by atoms with Crippen LogP contribution in [0.2, 0.25) is 0 Å². The summed E-state index contributed by atoms with van der Waals surface area (Å²) in [6, 6.07) is 0.802. The zero-order valence-electron chi connectivity index (χ0n) is 7.00. The van der Waals surface area contributed by atoms with E-state index in [1.807, 2.05) is 0 Å². The molecular weight excluding hydrogens is 298 g/mol. The lowest BCUT2D eigenvalue weighted by atomic mass is 10.3. The molecule has 0 spiro atoms. The van der Waals surface area contributed by atoms with E-state index in [1.165, 1.54) is 0 Å². The lowest BCUT2D eigenvalue weighted by Gasteiger charge is -2.06. The minimum atomic E-state index is -4.39. The molecule has 15 heavy (non-hydrogen) atoms. The number of primary sulfonamides is 1. The SMILES string of the molecule is NS(=O)(=O)c1[nH]c(Br)cc(=O)c1C(F)F. The lowest BCUT2D eigenvalue weighted by molar-refractivity contribution is 0.145. The molecule has 1 aromatic rings. The molecule has 0 unspecified atom stereocenters. The molecular formula is C6H5BrF2N2O3S. The molecule has 1 aromatic heterocycles. The van der Waals surface area contributed by atoms with Gasteiger partial charge in [-0.2, -0.15) is 0 Å². The van der Waals surface area contributed by atoms with Crippen LogP contribution in [0.4, 0.5) is 8.78 Å². The maximum Gasteiger partial charge on any atom is 0.270 e. The van der Waals surface area contributed by atoms with Gasteiger partial charge < -0.3 is 4.98 Å². The molecule has 0 aliphatic rings. The minimum absolute atomic E-state index is 0.0408. The fourth-order valence-electron chi connectivity index (χ4n) is 0.948. The molecule has 0 fully saturated rings. The fourth-order valence-corrected chi connectivity index (χ4v) is 2.23. The smallest absolute Gasteiger partial charge is 0.270 e. The van der Waals surface area contributed by atoms with E-state index in [-0.39, 0.29) is 4.60 Å². The first kappa shape index (κ1) is 12.3. The third kappa shape index (κ3) is 2.61. The van der Waals surface area contributed by atoms with E-state index in [4.69, 9.17) is 0 Å². The largest absolute Gasteiger partial charge is 0.339 e. The van der Waals surface area contributed by atoms with E-state index in [1.54, 1.807) is 0 Å². The summed E-state index contributed by atoms with van der Waals surface area (Å²) in [6.45, 7) is 0. The first-order valence-corrected chi connectivity index (χ1v) is 5.81. The summed E-state index contributed by atoms with van der Waals surface area (Å²) >= 11 is 2.77. The number of rotatable bonds is 2. The summed E-state index contributed by atoms with van der Waals surface area (Å²) in [6.07, 6.45) is -3.21. The number of hydrogen-bond acceptors (Lipinski definition) is 3. The molecule has 0 aromatic carbocycles. The number of aromatic nitrogens is 1. The van der Waals surface area contributed by atoms with Crippen LogP contribution < -0.4 is 10.6 Å². The summed E-state index contributed by atoms with van der Waals surface area (Å²) in [7, 11) is -4.39. The number of nitrogens with one attached hydrogen (secondary N) is 1. The molecule has 0 atom stereocenters. The highest BCUT2D eigenvalue weighted by molar-refractivity contribution is 9.10. The summed E-state index contributed by atoms with van der Waals surface area (Å²) in [4.78, 5) is 13.2. The molecule has 0 saturated carbocycles. The highest BCUT2D eigenvalue weighted by Gasteiger charge is 2.25. The normalized spacial score (nSPS) is 12.1. The Morgan fingerprint density at radius 2 is 2.00 bits per heavy atom. The summed E-state index contributed by atoms with van der Waals surface area (Å²) in [5, 5.41) is 3.71. The van der Waals surface area contributed by atoms with E-state index < -0.39 is 32.5 Å². The van der Waals surface area contributed by atoms with Crippen molar-refractivity contribution in [1.29, 1.82) is 0 Å². The molecule has 1 heterocycles. The summed E-state index contributed by atoms with van der Waals surface area (Å²) < 4.78 is 46.6. The topological polar surface area (TPSA) is 93.0 Å². The molecule has 0 radical (unpaired) electrons. The highest BCUT2D eigenvalue weighted by Crippen LogP contribution is 2.22. The van der Waals surface area contributed by atoms with Gasteiger partial charge in [-0.05, 0) is 15.9 Å². The van der Waals surface area contributed by atoms with Gasteiger partial charge in [-0.1, -0.05) is 0 Å². The molecule has 0 saturated heterocycles. The lowest BCUT2D eigenvalue weighted by Crippen LogP contribution is -2.22. The van der Waals surface area contributed by atoms with Crippen molar-refractivity contribution in [2.75, 3.05) is 0 Å². The van der Waals surface area contributed by atoms with Gasteiger partial charge >= 0.3 is 0 Å². The quantitative estimate of drug-likeness (QED) is 0.788. The number of hydrogen-bond donors (Lipinski definition) is 2. The van der Waals surface area contributed by atoms with E-state index in [9.17, 15) is 22.0 Å². The number of H-pyrrole nitrogens is 1. The van der Waals surface area contributed by atoms with Crippen molar-refractivity contribution >= 4 is 26.0 Å². The first-order valence-electron chi connectivity index (χ1n) is 3.47. The number of sulfonamides is 1. The number of nitrogens with two attached hydrogens (primary N) is 1.